The van der Waals surface area contributed by atoms with Crippen LogP contribution in [0.1, 0.15) is 19.8 Å². The maximum atomic E-state index is 11.8. The summed E-state index contributed by atoms with van der Waals surface area (Å²) in [4.78, 5) is 35.8. The van der Waals surface area contributed by atoms with Crippen molar-refractivity contribution in [1.29, 1.82) is 0 Å². The number of anilines is 2. The van der Waals surface area contributed by atoms with Crippen molar-refractivity contribution in [3.05, 3.63) is 18.2 Å². The Kier molecular flexibility index (Phi) is 4.98. The molecule has 1 aromatic rings. The van der Waals surface area contributed by atoms with Gasteiger partial charge in [0.05, 0.1) is 12.8 Å². The number of nitrogens with zero attached hydrogens (tertiary/aromatic N) is 1. The number of hydrogen-bond donors (Lipinski definition) is 1. The summed E-state index contributed by atoms with van der Waals surface area (Å²) in [7, 11) is 1.50. The summed E-state index contributed by atoms with van der Waals surface area (Å²) >= 11 is 0. The normalized spacial score (nSPS) is 13.9. The minimum absolute atomic E-state index is 0.0601. The van der Waals surface area contributed by atoms with Crippen molar-refractivity contribution in [2.75, 3.05) is 30.5 Å². The quantitative estimate of drug-likeness (QED) is 0.829. The molecule has 2 rings (SSSR count). The largest absolute Gasteiger partial charge is 0.494 e. The van der Waals surface area contributed by atoms with Crippen molar-refractivity contribution in [2.24, 2.45) is 0 Å². The average Bonchev–Trinajstić information content (AvgIpc) is 2.91. The number of carbonyl (C=O) groups excluding carboxylic acids is 3. The molecular formula is C15H18N2O5. The molecule has 1 aliphatic heterocycles. The van der Waals surface area contributed by atoms with Crippen molar-refractivity contribution in [2.45, 2.75) is 19.8 Å². The molecular weight excluding hydrogens is 288 g/mol. The molecule has 1 N–H and O–H groups in total. The molecule has 7 heteroatoms. The van der Waals surface area contributed by atoms with Gasteiger partial charge < -0.3 is 19.7 Å². The molecule has 0 atom stereocenters. The third-order valence-electron chi connectivity index (χ3n) is 3.23. The summed E-state index contributed by atoms with van der Waals surface area (Å²) in [6.07, 6.45) is 1.35. The van der Waals surface area contributed by atoms with E-state index in [2.05, 4.69) is 10.1 Å². The first-order valence-corrected chi connectivity index (χ1v) is 6.93. The predicted molar refractivity (Wildman–Crippen MR) is 79.8 cm³/mol. The van der Waals surface area contributed by atoms with Gasteiger partial charge in [-0.15, -0.1) is 0 Å². The van der Waals surface area contributed by atoms with Crippen molar-refractivity contribution < 1.29 is 23.9 Å². The molecule has 0 saturated carbocycles. The second kappa shape index (κ2) is 6.93. The van der Waals surface area contributed by atoms with Crippen LogP contribution in [0.3, 0.4) is 0 Å². The molecule has 0 bridgehead atoms. The van der Waals surface area contributed by atoms with E-state index >= 15 is 0 Å². The Morgan fingerprint density at radius 1 is 1.36 bits per heavy atom. The molecule has 1 fully saturated rings. The van der Waals surface area contributed by atoms with Crippen LogP contribution in [0.25, 0.3) is 0 Å². The van der Waals surface area contributed by atoms with Crippen LogP contribution in [0, 0.1) is 0 Å². The number of methoxy groups -OCH3 is 1. The van der Waals surface area contributed by atoms with E-state index in [0.717, 1.165) is 6.42 Å². The lowest BCUT2D eigenvalue weighted by atomic mass is 10.2. The number of amides is 2. The fourth-order valence-corrected chi connectivity index (χ4v) is 2.25. The third kappa shape index (κ3) is 3.75. The van der Waals surface area contributed by atoms with Crippen LogP contribution in [0.5, 0.6) is 5.75 Å². The van der Waals surface area contributed by atoms with Crippen molar-refractivity contribution >= 4 is 29.2 Å². The minimum atomic E-state index is -0.518. The highest BCUT2D eigenvalue weighted by Crippen LogP contribution is 2.33. The van der Waals surface area contributed by atoms with E-state index in [4.69, 9.17) is 4.74 Å². The summed E-state index contributed by atoms with van der Waals surface area (Å²) in [5.41, 5.74) is 1.19. The van der Waals surface area contributed by atoms with Crippen LogP contribution in [0.2, 0.25) is 0 Å². The first-order chi connectivity index (χ1) is 10.5. The molecule has 1 aromatic carbocycles. The SMILES string of the molecule is COc1cc(NC(=O)COC(C)=O)ccc1N1CCCC1=O. The van der Waals surface area contributed by atoms with E-state index in [1.54, 1.807) is 23.1 Å². The molecule has 0 aromatic heterocycles. The summed E-state index contributed by atoms with van der Waals surface area (Å²) in [6.45, 7) is 1.55. The van der Waals surface area contributed by atoms with Crippen molar-refractivity contribution in [3.63, 3.8) is 0 Å². The summed E-state index contributed by atoms with van der Waals surface area (Å²) in [5.74, 6) is -0.400. The van der Waals surface area contributed by atoms with Gasteiger partial charge in [-0.1, -0.05) is 0 Å². The minimum Gasteiger partial charge on any atom is -0.494 e. The van der Waals surface area contributed by atoms with Crippen LogP contribution >= 0.6 is 0 Å². The number of benzene rings is 1. The Labute approximate surface area is 128 Å². The zero-order valence-electron chi connectivity index (χ0n) is 12.5. The van der Waals surface area contributed by atoms with E-state index in [9.17, 15) is 14.4 Å². The third-order valence-corrected chi connectivity index (χ3v) is 3.23. The van der Waals surface area contributed by atoms with E-state index in [1.165, 1.54) is 14.0 Å². The second-order valence-electron chi connectivity index (χ2n) is 4.86. The standard InChI is InChI=1S/C15H18N2O5/c1-10(18)22-9-14(19)16-11-5-6-12(13(8-11)21-2)17-7-3-4-15(17)20/h5-6,8H,3-4,7,9H2,1-2H3,(H,16,19). The van der Waals surface area contributed by atoms with E-state index in [0.29, 0.717) is 30.1 Å². The van der Waals surface area contributed by atoms with Gasteiger partial charge in [-0.25, -0.2) is 0 Å². The molecule has 2 amide bonds. The molecule has 1 saturated heterocycles. The lowest BCUT2D eigenvalue weighted by Gasteiger charge is -2.19. The van der Waals surface area contributed by atoms with Gasteiger partial charge in [0.25, 0.3) is 5.91 Å². The summed E-state index contributed by atoms with van der Waals surface area (Å²) in [5, 5.41) is 2.60. The lowest BCUT2D eigenvalue weighted by molar-refractivity contribution is -0.144. The Morgan fingerprint density at radius 2 is 2.14 bits per heavy atom. The van der Waals surface area contributed by atoms with Gasteiger partial charge in [-0.05, 0) is 18.6 Å². The highest BCUT2D eigenvalue weighted by Gasteiger charge is 2.24. The smallest absolute Gasteiger partial charge is 0.303 e. The number of esters is 1. The number of hydrogen-bond acceptors (Lipinski definition) is 5. The first kappa shape index (κ1) is 15.8. The van der Waals surface area contributed by atoms with Gasteiger partial charge in [-0.3, -0.25) is 14.4 Å². The topological polar surface area (TPSA) is 84.9 Å². The van der Waals surface area contributed by atoms with Gasteiger partial charge in [0.1, 0.15) is 5.75 Å². The number of nitrogens with one attached hydrogen (secondary N) is 1. The lowest BCUT2D eigenvalue weighted by Crippen LogP contribution is -2.24. The zero-order chi connectivity index (χ0) is 16.1. The van der Waals surface area contributed by atoms with Crippen LogP contribution in [0.4, 0.5) is 11.4 Å². The Bertz CT molecular complexity index is 600. The second-order valence-corrected chi connectivity index (χ2v) is 4.86. The molecule has 0 radical (unpaired) electrons. The summed E-state index contributed by atoms with van der Waals surface area (Å²) < 4.78 is 9.91. The molecule has 22 heavy (non-hydrogen) atoms. The van der Waals surface area contributed by atoms with Gasteiger partial charge in [0, 0.05) is 31.6 Å². The molecule has 0 aliphatic carbocycles. The molecule has 1 heterocycles. The number of ether oxygens (including phenoxy) is 2. The van der Waals surface area contributed by atoms with Gasteiger partial charge in [0.15, 0.2) is 6.61 Å². The molecule has 7 nitrogen and oxygen atoms in total. The molecule has 0 spiro atoms. The maximum Gasteiger partial charge on any atom is 0.303 e. The predicted octanol–water partition coefficient (Wildman–Crippen LogP) is 1.32. The molecule has 1 aliphatic rings. The fraction of sp³-hybridized carbons (Fsp3) is 0.400. The van der Waals surface area contributed by atoms with Crippen LogP contribution in [-0.2, 0) is 19.1 Å². The number of carbonyl (C=O) groups is 3. The highest BCUT2D eigenvalue weighted by molar-refractivity contribution is 5.98. The molecule has 118 valence electrons. The van der Waals surface area contributed by atoms with E-state index < -0.39 is 11.9 Å². The van der Waals surface area contributed by atoms with E-state index in [-0.39, 0.29) is 12.5 Å². The first-order valence-electron chi connectivity index (χ1n) is 6.93. The van der Waals surface area contributed by atoms with Crippen molar-refractivity contribution in [1.82, 2.24) is 0 Å². The van der Waals surface area contributed by atoms with Crippen LogP contribution in [0.15, 0.2) is 18.2 Å². The van der Waals surface area contributed by atoms with Gasteiger partial charge in [0.2, 0.25) is 5.91 Å². The van der Waals surface area contributed by atoms with E-state index in [1.807, 2.05) is 0 Å². The van der Waals surface area contributed by atoms with Crippen LogP contribution < -0.4 is 15.0 Å². The zero-order valence-corrected chi connectivity index (χ0v) is 12.5. The fourth-order valence-electron chi connectivity index (χ4n) is 2.25. The maximum absolute atomic E-state index is 11.8. The van der Waals surface area contributed by atoms with Crippen molar-refractivity contribution in [3.8, 4) is 5.75 Å². The Hall–Kier alpha value is -2.57. The Balaban J connectivity index is 2.10. The average molecular weight is 306 g/mol. The molecule has 0 unspecified atom stereocenters. The van der Waals surface area contributed by atoms with Gasteiger partial charge in [-0.2, -0.15) is 0 Å². The van der Waals surface area contributed by atoms with Gasteiger partial charge >= 0.3 is 5.97 Å². The summed E-state index contributed by atoms with van der Waals surface area (Å²) in [6, 6.07) is 5.03. The number of rotatable bonds is 5. The Morgan fingerprint density at radius 3 is 2.73 bits per heavy atom. The monoisotopic (exact) mass is 306 g/mol. The highest BCUT2D eigenvalue weighted by atomic mass is 16.5. The van der Waals surface area contributed by atoms with Crippen LogP contribution in [-0.4, -0.2) is 38.0 Å².